The number of benzene rings is 1. The average molecular weight is 343 g/mol. The second-order valence-corrected chi connectivity index (χ2v) is 6.47. The highest BCUT2D eigenvalue weighted by Crippen LogP contribution is 2.20. The van der Waals surface area contributed by atoms with Gasteiger partial charge < -0.3 is 4.52 Å². The Morgan fingerprint density at radius 1 is 1.48 bits per heavy atom. The van der Waals surface area contributed by atoms with Crippen molar-refractivity contribution in [2.75, 3.05) is 20.1 Å². The van der Waals surface area contributed by atoms with Crippen LogP contribution in [0.1, 0.15) is 36.2 Å². The number of hydrogen-bond acceptors (Lipinski definition) is 6. The van der Waals surface area contributed by atoms with Crippen LogP contribution in [0.3, 0.4) is 0 Å². The molecule has 7 heteroatoms. The molecule has 1 aromatic carbocycles. The van der Waals surface area contributed by atoms with E-state index in [9.17, 15) is 4.39 Å². The normalized spacial score (nSPS) is 18.0. The molecule has 1 unspecified atom stereocenters. The lowest BCUT2D eigenvalue weighted by atomic mass is 10.1. The topological polar surface area (TPSA) is 69.2 Å². The van der Waals surface area contributed by atoms with E-state index in [0.717, 1.165) is 25.9 Å². The van der Waals surface area contributed by atoms with Crippen molar-refractivity contribution in [1.82, 2.24) is 19.9 Å². The van der Waals surface area contributed by atoms with Gasteiger partial charge >= 0.3 is 0 Å². The molecule has 1 aromatic heterocycles. The second kappa shape index (κ2) is 7.72. The molecule has 0 N–H and O–H groups in total. The van der Waals surface area contributed by atoms with Crippen molar-refractivity contribution in [3.63, 3.8) is 0 Å². The molecule has 3 rings (SSSR count). The smallest absolute Gasteiger partial charge is 0.226 e. The maximum Gasteiger partial charge on any atom is 0.226 e. The van der Waals surface area contributed by atoms with E-state index in [4.69, 9.17) is 9.78 Å². The van der Waals surface area contributed by atoms with Gasteiger partial charge in [0.15, 0.2) is 5.82 Å². The van der Waals surface area contributed by atoms with Crippen LogP contribution in [0, 0.1) is 17.1 Å². The number of aryl methyl sites for hydroxylation is 1. The Kier molecular flexibility index (Phi) is 5.41. The Bertz CT molecular complexity index is 769. The molecular formula is C18H22FN5O. The highest BCUT2D eigenvalue weighted by atomic mass is 19.1. The molecule has 0 radical (unpaired) electrons. The molecule has 132 valence electrons. The molecule has 2 heterocycles. The number of rotatable bonds is 6. The van der Waals surface area contributed by atoms with Gasteiger partial charge in [0.2, 0.25) is 5.89 Å². The number of nitrogens with zero attached hydrogens (tertiary/aromatic N) is 5. The van der Waals surface area contributed by atoms with E-state index >= 15 is 0 Å². The van der Waals surface area contributed by atoms with E-state index in [1.54, 1.807) is 6.07 Å². The monoisotopic (exact) mass is 343 g/mol. The molecule has 1 fully saturated rings. The van der Waals surface area contributed by atoms with E-state index < -0.39 is 0 Å². The molecule has 1 saturated heterocycles. The third-order valence-electron chi connectivity index (χ3n) is 4.64. The van der Waals surface area contributed by atoms with Gasteiger partial charge in [0.1, 0.15) is 5.82 Å². The van der Waals surface area contributed by atoms with Crippen molar-refractivity contribution >= 4 is 0 Å². The van der Waals surface area contributed by atoms with E-state index in [-0.39, 0.29) is 5.82 Å². The fourth-order valence-electron chi connectivity index (χ4n) is 3.17. The van der Waals surface area contributed by atoms with Gasteiger partial charge in [-0.05, 0) is 31.7 Å². The third kappa shape index (κ3) is 4.21. The SMILES string of the molecule is CCc1nc(CN(C)C2CCN(Cc3cc(C#N)ccc3F)C2)no1. The summed E-state index contributed by atoms with van der Waals surface area (Å²) in [6.45, 7) is 4.90. The van der Waals surface area contributed by atoms with Crippen LogP contribution >= 0.6 is 0 Å². The van der Waals surface area contributed by atoms with Crippen LogP contribution in [0.5, 0.6) is 0 Å². The molecule has 1 atom stereocenters. The minimum Gasteiger partial charge on any atom is -0.339 e. The molecule has 0 amide bonds. The van der Waals surface area contributed by atoms with Crippen LogP contribution in [0.15, 0.2) is 22.7 Å². The predicted molar refractivity (Wildman–Crippen MR) is 89.9 cm³/mol. The minimum absolute atomic E-state index is 0.255. The lowest BCUT2D eigenvalue weighted by molar-refractivity contribution is 0.215. The van der Waals surface area contributed by atoms with E-state index in [0.29, 0.717) is 42.0 Å². The fraction of sp³-hybridized carbons (Fsp3) is 0.500. The highest BCUT2D eigenvalue weighted by Gasteiger charge is 2.27. The third-order valence-corrected chi connectivity index (χ3v) is 4.64. The summed E-state index contributed by atoms with van der Waals surface area (Å²) in [4.78, 5) is 8.78. The molecule has 1 aliphatic heterocycles. The molecule has 6 nitrogen and oxygen atoms in total. The first-order valence-corrected chi connectivity index (χ1v) is 8.51. The van der Waals surface area contributed by atoms with Crippen LogP contribution in [0.25, 0.3) is 0 Å². The Morgan fingerprint density at radius 2 is 2.32 bits per heavy atom. The standard InChI is InChI=1S/C18H22FN5O/c1-3-18-21-17(22-25-18)12-23(2)15-6-7-24(11-15)10-14-8-13(9-20)4-5-16(14)19/h4-5,8,15H,3,6-7,10-12H2,1-2H3. The van der Waals surface area contributed by atoms with Crippen LogP contribution in [0.2, 0.25) is 0 Å². The maximum absolute atomic E-state index is 14.0. The van der Waals surface area contributed by atoms with Crippen molar-refractivity contribution in [3.05, 3.63) is 46.9 Å². The number of likely N-dealkylation sites (N-methyl/N-ethyl adjacent to an activating group) is 1. The zero-order valence-corrected chi connectivity index (χ0v) is 14.6. The first-order valence-electron chi connectivity index (χ1n) is 8.51. The lowest BCUT2D eigenvalue weighted by Gasteiger charge is -2.23. The van der Waals surface area contributed by atoms with Gasteiger partial charge in [0.05, 0.1) is 18.2 Å². The van der Waals surface area contributed by atoms with Crippen molar-refractivity contribution in [2.24, 2.45) is 0 Å². The van der Waals surface area contributed by atoms with E-state index in [1.807, 2.05) is 14.0 Å². The summed E-state index contributed by atoms with van der Waals surface area (Å²) >= 11 is 0. The lowest BCUT2D eigenvalue weighted by Crippen LogP contribution is -2.34. The summed E-state index contributed by atoms with van der Waals surface area (Å²) in [7, 11) is 2.05. The molecule has 0 bridgehead atoms. The van der Waals surface area contributed by atoms with E-state index in [1.165, 1.54) is 12.1 Å². The summed E-state index contributed by atoms with van der Waals surface area (Å²) < 4.78 is 19.1. The van der Waals surface area contributed by atoms with E-state index in [2.05, 4.69) is 26.0 Å². The summed E-state index contributed by atoms with van der Waals surface area (Å²) in [5, 5.41) is 13.0. The van der Waals surface area contributed by atoms with Gasteiger partial charge in [-0.15, -0.1) is 0 Å². The van der Waals surface area contributed by atoms with Gasteiger partial charge in [-0.2, -0.15) is 10.2 Å². The molecule has 1 aliphatic rings. The summed E-state index contributed by atoms with van der Waals surface area (Å²) in [6.07, 6.45) is 1.75. The quantitative estimate of drug-likeness (QED) is 0.802. The summed E-state index contributed by atoms with van der Waals surface area (Å²) in [5.74, 6) is 1.10. The Balaban J connectivity index is 1.57. The number of aromatic nitrogens is 2. The number of halogens is 1. The zero-order valence-electron chi connectivity index (χ0n) is 14.6. The van der Waals surface area contributed by atoms with Crippen LogP contribution in [-0.2, 0) is 19.5 Å². The van der Waals surface area contributed by atoms with Crippen LogP contribution < -0.4 is 0 Å². The average Bonchev–Trinajstić information content (AvgIpc) is 3.26. The highest BCUT2D eigenvalue weighted by molar-refractivity contribution is 5.33. The first kappa shape index (κ1) is 17.5. The Hall–Kier alpha value is -2.30. The Labute approximate surface area is 146 Å². The van der Waals surface area contributed by atoms with Gasteiger partial charge in [-0.1, -0.05) is 12.1 Å². The number of nitriles is 1. The van der Waals surface area contributed by atoms with Crippen molar-refractivity contribution in [1.29, 1.82) is 5.26 Å². The molecule has 2 aromatic rings. The summed E-state index contributed by atoms with van der Waals surface area (Å²) in [6, 6.07) is 6.95. The molecular weight excluding hydrogens is 321 g/mol. The Morgan fingerprint density at radius 3 is 3.04 bits per heavy atom. The van der Waals surface area contributed by atoms with Crippen molar-refractivity contribution in [3.8, 4) is 6.07 Å². The molecule has 25 heavy (non-hydrogen) atoms. The molecule has 0 saturated carbocycles. The van der Waals surface area contributed by atoms with Gasteiger partial charge in [-0.3, -0.25) is 9.80 Å². The van der Waals surface area contributed by atoms with Crippen LogP contribution in [0.4, 0.5) is 4.39 Å². The van der Waals surface area contributed by atoms with Crippen molar-refractivity contribution < 1.29 is 8.91 Å². The second-order valence-electron chi connectivity index (χ2n) is 6.47. The maximum atomic E-state index is 14.0. The number of likely N-dealkylation sites (tertiary alicyclic amines) is 1. The number of hydrogen-bond donors (Lipinski definition) is 0. The first-order chi connectivity index (χ1) is 12.1. The van der Waals surface area contributed by atoms with Crippen molar-refractivity contribution in [2.45, 2.75) is 38.9 Å². The van der Waals surface area contributed by atoms with Gasteiger partial charge in [0.25, 0.3) is 0 Å². The van der Waals surface area contributed by atoms with Crippen LogP contribution in [-0.4, -0.2) is 46.1 Å². The predicted octanol–water partition coefficient (Wildman–Crippen LogP) is 2.35. The molecule has 0 aliphatic carbocycles. The molecule has 0 spiro atoms. The fourth-order valence-corrected chi connectivity index (χ4v) is 3.17. The van der Waals surface area contributed by atoms with Gasteiger partial charge in [-0.25, -0.2) is 4.39 Å². The van der Waals surface area contributed by atoms with Gasteiger partial charge in [0, 0.05) is 37.7 Å². The largest absolute Gasteiger partial charge is 0.339 e. The summed E-state index contributed by atoms with van der Waals surface area (Å²) in [5.41, 5.74) is 1.07. The minimum atomic E-state index is -0.255. The zero-order chi connectivity index (χ0) is 17.8.